The van der Waals surface area contributed by atoms with E-state index in [4.69, 9.17) is 0 Å². The van der Waals surface area contributed by atoms with Crippen molar-refractivity contribution >= 4 is 11.8 Å². The van der Waals surface area contributed by atoms with E-state index in [-0.39, 0.29) is 0 Å². The van der Waals surface area contributed by atoms with E-state index in [0.717, 1.165) is 34.4 Å². The van der Waals surface area contributed by atoms with Crippen molar-refractivity contribution < 1.29 is 4.79 Å². The Morgan fingerprint density at radius 3 is 2.58 bits per heavy atom. The Morgan fingerprint density at radius 2 is 1.84 bits per heavy atom. The zero-order valence-corrected chi connectivity index (χ0v) is 10.9. The van der Waals surface area contributed by atoms with Crippen LogP contribution in [0.25, 0.3) is 16.9 Å². The van der Waals surface area contributed by atoms with Crippen LogP contribution >= 0.6 is 0 Å². The minimum atomic E-state index is 0.488. The highest BCUT2D eigenvalue weighted by molar-refractivity contribution is 5.86. The number of aldehydes is 1. The number of rotatable bonds is 2. The van der Waals surface area contributed by atoms with Gasteiger partial charge in [-0.1, -0.05) is 30.3 Å². The largest absolute Gasteiger partial charge is 0.296 e. The number of nitrogens with zero attached hydrogens (tertiary/aromatic N) is 2. The van der Waals surface area contributed by atoms with E-state index in [9.17, 15) is 4.79 Å². The van der Waals surface area contributed by atoms with Crippen LogP contribution < -0.4 is 0 Å². The average molecular weight is 250 g/mol. The Bertz CT molecular complexity index is 772. The summed E-state index contributed by atoms with van der Waals surface area (Å²) >= 11 is 0. The Morgan fingerprint density at radius 1 is 1.05 bits per heavy atom. The number of benzene rings is 1. The Balaban J connectivity index is 2.42. The number of carbonyl (C=O) groups is 1. The standard InChI is InChI=1S/C16H14N2O/c1-11-6-3-4-8-13(11)16-17-14(10-19)15-9-5-7-12(2)18(15)16/h3-10H,1-2H3. The number of imidazole rings is 1. The van der Waals surface area contributed by atoms with Gasteiger partial charge in [0.1, 0.15) is 11.5 Å². The van der Waals surface area contributed by atoms with E-state index in [1.807, 2.05) is 47.7 Å². The van der Waals surface area contributed by atoms with Crippen molar-refractivity contribution in [2.75, 3.05) is 0 Å². The maximum absolute atomic E-state index is 11.2. The number of fused-ring (bicyclic) bond motifs is 1. The third-order valence-electron chi connectivity index (χ3n) is 3.38. The lowest BCUT2D eigenvalue weighted by Gasteiger charge is -2.07. The maximum Gasteiger partial charge on any atom is 0.170 e. The van der Waals surface area contributed by atoms with Gasteiger partial charge in [-0.05, 0) is 31.5 Å². The smallest absolute Gasteiger partial charge is 0.170 e. The highest BCUT2D eigenvalue weighted by Gasteiger charge is 2.14. The molecule has 0 spiro atoms. The molecule has 0 saturated carbocycles. The molecule has 0 aliphatic carbocycles. The van der Waals surface area contributed by atoms with Crippen LogP contribution in [0.1, 0.15) is 21.7 Å². The zero-order chi connectivity index (χ0) is 13.4. The molecule has 0 saturated heterocycles. The van der Waals surface area contributed by atoms with Crippen LogP contribution in [-0.2, 0) is 0 Å². The van der Waals surface area contributed by atoms with Gasteiger partial charge in [-0.25, -0.2) is 4.98 Å². The van der Waals surface area contributed by atoms with Crippen molar-refractivity contribution in [3.8, 4) is 11.4 Å². The van der Waals surface area contributed by atoms with Gasteiger partial charge in [0.25, 0.3) is 0 Å². The highest BCUT2D eigenvalue weighted by atomic mass is 16.1. The van der Waals surface area contributed by atoms with Gasteiger partial charge in [-0.15, -0.1) is 0 Å². The van der Waals surface area contributed by atoms with Crippen molar-refractivity contribution in [2.24, 2.45) is 0 Å². The molecular formula is C16H14N2O. The molecule has 3 aromatic rings. The quantitative estimate of drug-likeness (QED) is 0.653. The maximum atomic E-state index is 11.2. The molecule has 94 valence electrons. The van der Waals surface area contributed by atoms with Crippen LogP contribution in [0.15, 0.2) is 42.5 Å². The summed E-state index contributed by atoms with van der Waals surface area (Å²) in [4.78, 5) is 15.7. The monoisotopic (exact) mass is 250 g/mol. The first-order valence-electron chi connectivity index (χ1n) is 6.21. The lowest BCUT2D eigenvalue weighted by atomic mass is 10.1. The molecule has 1 aromatic carbocycles. The molecule has 0 fully saturated rings. The third-order valence-corrected chi connectivity index (χ3v) is 3.38. The number of hydrogen-bond acceptors (Lipinski definition) is 2. The van der Waals surface area contributed by atoms with Gasteiger partial charge in [0.05, 0.1) is 5.52 Å². The topological polar surface area (TPSA) is 34.4 Å². The normalized spacial score (nSPS) is 10.8. The molecule has 0 aliphatic heterocycles. The van der Waals surface area contributed by atoms with Gasteiger partial charge in [0.2, 0.25) is 0 Å². The summed E-state index contributed by atoms with van der Waals surface area (Å²) < 4.78 is 2.03. The summed E-state index contributed by atoms with van der Waals surface area (Å²) in [5.41, 5.74) is 4.61. The van der Waals surface area contributed by atoms with Crippen molar-refractivity contribution in [3.05, 3.63) is 59.4 Å². The number of hydrogen-bond donors (Lipinski definition) is 0. The number of carbonyl (C=O) groups excluding carboxylic acids is 1. The summed E-state index contributed by atoms with van der Waals surface area (Å²) in [6.07, 6.45) is 0.816. The number of aryl methyl sites for hydroxylation is 2. The summed E-state index contributed by atoms with van der Waals surface area (Å²) in [6, 6.07) is 14.0. The van der Waals surface area contributed by atoms with Gasteiger partial charge >= 0.3 is 0 Å². The van der Waals surface area contributed by atoms with E-state index in [0.29, 0.717) is 5.69 Å². The van der Waals surface area contributed by atoms with E-state index >= 15 is 0 Å². The van der Waals surface area contributed by atoms with Gasteiger partial charge in [-0.2, -0.15) is 0 Å². The van der Waals surface area contributed by atoms with Gasteiger partial charge < -0.3 is 0 Å². The van der Waals surface area contributed by atoms with Gasteiger partial charge in [0.15, 0.2) is 6.29 Å². The molecule has 0 radical (unpaired) electrons. The van der Waals surface area contributed by atoms with Crippen LogP contribution in [0.4, 0.5) is 0 Å². The third kappa shape index (κ3) is 1.74. The molecule has 3 heteroatoms. The number of pyridine rings is 1. The number of aromatic nitrogens is 2. The van der Waals surface area contributed by atoms with Crippen molar-refractivity contribution in [2.45, 2.75) is 13.8 Å². The molecule has 0 N–H and O–H groups in total. The second-order valence-corrected chi connectivity index (χ2v) is 4.64. The average Bonchev–Trinajstić information content (AvgIpc) is 2.79. The van der Waals surface area contributed by atoms with Crippen LogP contribution in [0.5, 0.6) is 0 Å². The van der Waals surface area contributed by atoms with E-state index in [1.54, 1.807) is 0 Å². The van der Waals surface area contributed by atoms with E-state index in [1.165, 1.54) is 0 Å². The van der Waals surface area contributed by atoms with Crippen LogP contribution in [0.3, 0.4) is 0 Å². The van der Waals surface area contributed by atoms with Gasteiger partial charge in [-0.3, -0.25) is 9.20 Å². The molecule has 0 aliphatic rings. The highest BCUT2D eigenvalue weighted by Crippen LogP contribution is 2.26. The van der Waals surface area contributed by atoms with E-state index in [2.05, 4.69) is 18.0 Å². The second kappa shape index (κ2) is 4.35. The molecule has 2 heterocycles. The second-order valence-electron chi connectivity index (χ2n) is 4.64. The predicted octanol–water partition coefficient (Wildman–Crippen LogP) is 3.43. The first-order valence-corrected chi connectivity index (χ1v) is 6.21. The first-order chi connectivity index (χ1) is 9.22. The first kappa shape index (κ1) is 11.7. The van der Waals surface area contributed by atoms with Crippen LogP contribution in [0.2, 0.25) is 0 Å². The molecule has 0 amide bonds. The minimum absolute atomic E-state index is 0.488. The molecule has 3 nitrogen and oxygen atoms in total. The molecule has 3 rings (SSSR count). The molecule has 19 heavy (non-hydrogen) atoms. The minimum Gasteiger partial charge on any atom is -0.296 e. The molecule has 0 bridgehead atoms. The molecule has 0 atom stereocenters. The zero-order valence-electron chi connectivity index (χ0n) is 10.9. The van der Waals surface area contributed by atoms with Crippen molar-refractivity contribution in [1.82, 2.24) is 9.38 Å². The van der Waals surface area contributed by atoms with Crippen molar-refractivity contribution in [1.29, 1.82) is 0 Å². The van der Waals surface area contributed by atoms with Crippen LogP contribution in [0, 0.1) is 13.8 Å². The van der Waals surface area contributed by atoms with Crippen LogP contribution in [-0.4, -0.2) is 15.7 Å². The summed E-state index contributed by atoms with van der Waals surface area (Å²) in [7, 11) is 0. The Hall–Kier alpha value is -2.42. The summed E-state index contributed by atoms with van der Waals surface area (Å²) in [6.45, 7) is 4.07. The van der Waals surface area contributed by atoms with E-state index < -0.39 is 0 Å². The lowest BCUT2D eigenvalue weighted by molar-refractivity contribution is 0.112. The van der Waals surface area contributed by atoms with Crippen molar-refractivity contribution in [3.63, 3.8) is 0 Å². The summed E-state index contributed by atoms with van der Waals surface area (Å²) in [5.74, 6) is 0.827. The Labute approximate surface area is 111 Å². The molecule has 2 aromatic heterocycles. The molecule has 0 unspecified atom stereocenters. The fourth-order valence-corrected chi connectivity index (χ4v) is 2.41. The fourth-order valence-electron chi connectivity index (χ4n) is 2.41. The fraction of sp³-hybridized carbons (Fsp3) is 0.125. The molecular weight excluding hydrogens is 236 g/mol. The SMILES string of the molecule is Cc1ccccc1-c1nc(C=O)c2cccc(C)n12. The van der Waals surface area contributed by atoms with Gasteiger partial charge in [0, 0.05) is 11.3 Å². The predicted molar refractivity (Wildman–Crippen MR) is 75.5 cm³/mol. The summed E-state index contributed by atoms with van der Waals surface area (Å²) in [5, 5.41) is 0. The lowest BCUT2D eigenvalue weighted by Crippen LogP contribution is -1.95. The Kier molecular flexibility index (Phi) is 2.67.